The maximum Gasteiger partial charge on any atom is 0.373 e. The summed E-state index contributed by atoms with van der Waals surface area (Å²) in [5.41, 5.74) is 1.72. The van der Waals surface area contributed by atoms with Gasteiger partial charge in [-0.1, -0.05) is 18.2 Å². The number of benzene rings is 1. The summed E-state index contributed by atoms with van der Waals surface area (Å²) in [5.74, 6) is -0.481. The summed E-state index contributed by atoms with van der Waals surface area (Å²) in [4.78, 5) is 18.3. The first kappa shape index (κ1) is 13.0. The average molecular weight is 258 g/mol. The van der Waals surface area contributed by atoms with Crippen LogP contribution in [0.4, 0.5) is 0 Å². The zero-order valence-corrected chi connectivity index (χ0v) is 10.5. The largest absolute Gasteiger partial charge is 0.493 e. The van der Waals surface area contributed by atoms with Crippen molar-refractivity contribution in [1.82, 2.24) is 9.97 Å². The van der Waals surface area contributed by atoms with Gasteiger partial charge in [0, 0.05) is 18.3 Å². The van der Waals surface area contributed by atoms with E-state index in [-0.39, 0.29) is 5.82 Å². The molecule has 0 aliphatic carbocycles. The Hall–Kier alpha value is -2.43. The molecule has 0 aliphatic heterocycles. The number of nitrogens with zero attached hydrogens (tertiary/aromatic N) is 2. The molecule has 0 atom stereocenters. The molecule has 1 aromatic heterocycles. The Morgan fingerprint density at radius 1 is 1.32 bits per heavy atom. The Labute approximate surface area is 110 Å². The number of para-hydroxylation sites is 1. The van der Waals surface area contributed by atoms with Crippen LogP contribution in [0.15, 0.2) is 36.5 Å². The van der Waals surface area contributed by atoms with Crippen LogP contribution in [0.5, 0.6) is 5.75 Å². The summed E-state index contributed by atoms with van der Waals surface area (Å²) in [6.45, 7) is 2.42. The van der Waals surface area contributed by atoms with Crippen LogP contribution in [0.25, 0.3) is 0 Å². The lowest BCUT2D eigenvalue weighted by molar-refractivity contribution is 0.0683. The smallest absolute Gasteiger partial charge is 0.373 e. The van der Waals surface area contributed by atoms with E-state index in [0.717, 1.165) is 11.3 Å². The van der Waals surface area contributed by atoms with E-state index in [1.54, 1.807) is 6.07 Å². The van der Waals surface area contributed by atoms with Crippen LogP contribution in [-0.2, 0) is 6.42 Å². The standard InChI is InChI=1S/C14H14N2O3/c1-10-4-2-3-5-12(10)19-9-7-11-6-8-15-13(16-11)14(17)18/h2-6,8H,7,9H2,1H3,(H,17,18). The third-order valence-electron chi connectivity index (χ3n) is 2.61. The maximum atomic E-state index is 10.7. The zero-order valence-electron chi connectivity index (χ0n) is 10.5. The van der Waals surface area contributed by atoms with Gasteiger partial charge in [0.1, 0.15) is 5.75 Å². The van der Waals surface area contributed by atoms with E-state index in [4.69, 9.17) is 9.84 Å². The van der Waals surface area contributed by atoms with Gasteiger partial charge >= 0.3 is 5.97 Å². The number of aryl methyl sites for hydroxylation is 1. The van der Waals surface area contributed by atoms with Crippen molar-refractivity contribution < 1.29 is 14.6 Å². The molecule has 2 rings (SSSR count). The second-order valence-electron chi connectivity index (χ2n) is 4.04. The van der Waals surface area contributed by atoms with Crippen LogP contribution in [0.2, 0.25) is 0 Å². The van der Waals surface area contributed by atoms with Gasteiger partial charge in [0.05, 0.1) is 6.61 Å². The Bertz CT molecular complexity index is 584. The molecule has 19 heavy (non-hydrogen) atoms. The predicted molar refractivity (Wildman–Crippen MR) is 69.4 cm³/mol. The quantitative estimate of drug-likeness (QED) is 0.889. The Morgan fingerprint density at radius 2 is 2.11 bits per heavy atom. The van der Waals surface area contributed by atoms with Crippen molar-refractivity contribution in [3.05, 3.63) is 53.6 Å². The molecule has 0 aliphatic rings. The average Bonchev–Trinajstić information content (AvgIpc) is 2.41. The van der Waals surface area contributed by atoms with Crippen molar-refractivity contribution in [2.45, 2.75) is 13.3 Å². The summed E-state index contributed by atoms with van der Waals surface area (Å²) in [7, 11) is 0. The van der Waals surface area contributed by atoms with Gasteiger partial charge in [0.25, 0.3) is 0 Å². The number of carboxylic acids is 1. The number of aromatic carboxylic acids is 1. The number of carbonyl (C=O) groups is 1. The van der Waals surface area contributed by atoms with E-state index in [0.29, 0.717) is 18.7 Å². The number of aromatic nitrogens is 2. The molecule has 0 bridgehead atoms. The van der Waals surface area contributed by atoms with E-state index in [2.05, 4.69) is 9.97 Å². The Balaban J connectivity index is 1.94. The first-order chi connectivity index (χ1) is 9.16. The van der Waals surface area contributed by atoms with Gasteiger partial charge in [-0.15, -0.1) is 0 Å². The molecule has 98 valence electrons. The van der Waals surface area contributed by atoms with Gasteiger partial charge in [-0.3, -0.25) is 0 Å². The monoisotopic (exact) mass is 258 g/mol. The minimum atomic E-state index is -1.12. The fourth-order valence-corrected chi connectivity index (χ4v) is 1.62. The number of hydrogen-bond acceptors (Lipinski definition) is 4. The van der Waals surface area contributed by atoms with Gasteiger partial charge in [-0.25, -0.2) is 14.8 Å². The maximum absolute atomic E-state index is 10.7. The number of rotatable bonds is 5. The third-order valence-corrected chi connectivity index (χ3v) is 2.61. The lowest BCUT2D eigenvalue weighted by Crippen LogP contribution is -2.09. The van der Waals surface area contributed by atoms with Gasteiger partial charge in [-0.2, -0.15) is 0 Å². The van der Waals surface area contributed by atoms with Gasteiger partial charge in [0.2, 0.25) is 5.82 Å². The molecule has 1 heterocycles. The Kier molecular flexibility index (Phi) is 4.07. The second kappa shape index (κ2) is 5.95. The third kappa shape index (κ3) is 3.51. The van der Waals surface area contributed by atoms with Crippen LogP contribution in [-0.4, -0.2) is 27.7 Å². The highest BCUT2D eigenvalue weighted by Gasteiger charge is 2.07. The van der Waals surface area contributed by atoms with E-state index < -0.39 is 5.97 Å². The predicted octanol–water partition coefficient (Wildman–Crippen LogP) is 2.10. The molecule has 0 amide bonds. The van der Waals surface area contributed by atoms with Crippen molar-refractivity contribution in [1.29, 1.82) is 0 Å². The molecule has 0 radical (unpaired) electrons. The van der Waals surface area contributed by atoms with Crippen molar-refractivity contribution >= 4 is 5.97 Å². The van der Waals surface area contributed by atoms with Gasteiger partial charge in [0.15, 0.2) is 0 Å². The number of hydrogen-bond donors (Lipinski definition) is 1. The summed E-state index contributed by atoms with van der Waals surface area (Å²) in [6.07, 6.45) is 1.98. The molecular weight excluding hydrogens is 244 g/mol. The van der Waals surface area contributed by atoms with Crippen LogP contribution in [0.1, 0.15) is 21.9 Å². The molecular formula is C14H14N2O3. The number of carboxylic acid groups (broad SMARTS) is 1. The van der Waals surface area contributed by atoms with Crippen LogP contribution < -0.4 is 4.74 Å². The molecule has 0 saturated heterocycles. The SMILES string of the molecule is Cc1ccccc1OCCc1ccnc(C(=O)O)n1. The first-order valence-corrected chi connectivity index (χ1v) is 5.90. The van der Waals surface area contributed by atoms with Crippen molar-refractivity contribution in [3.8, 4) is 5.75 Å². The molecule has 5 nitrogen and oxygen atoms in total. The van der Waals surface area contributed by atoms with E-state index in [1.165, 1.54) is 6.20 Å². The van der Waals surface area contributed by atoms with Crippen molar-refractivity contribution in [3.63, 3.8) is 0 Å². The lowest BCUT2D eigenvalue weighted by atomic mass is 10.2. The van der Waals surface area contributed by atoms with Gasteiger partial charge < -0.3 is 9.84 Å². The highest BCUT2D eigenvalue weighted by atomic mass is 16.5. The summed E-state index contributed by atoms with van der Waals surface area (Å²) in [5, 5.41) is 8.79. The lowest BCUT2D eigenvalue weighted by Gasteiger charge is -2.08. The molecule has 1 N–H and O–H groups in total. The van der Waals surface area contributed by atoms with Crippen LogP contribution in [0, 0.1) is 6.92 Å². The summed E-state index contributed by atoms with van der Waals surface area (Å²) >= 11 is 0. The molecule has 0 unspecified atom stereocenters. The Morgan fingerprint density at radius 3 is 2.84 bits per heavy atom. The fraction of sp³-hybridized carbons (Fsp3) is 0.214. The highest BCUT2D eigenvalue weighted by molar-refractivity contribution is 5.82. The minimum absolute atomic E-state index is 0.187. The summed E-state index contributed by atoms with van der Waals surface area (Å²) in [6, 6.07) is 9.43. The zero-order chi connectivity index (χ0) is 13.7. The van der Waals surface area contributed by atoms with Crippen LogP contribution >= 0.6 is 0 Å². The van der Waals surface area contributed by atoms with E-state index >= 15 is 0 Å². The molecule has 1 aromatic carbocycles. The highest BCUT2D eigenvalue weighted by Crippen LogP contribution is 2.16. The second-order valence-corrected chi connectivity index (χ2v) is 4.04. The molecule has 5 heteroatoms. The van der Waals surface area contributed by atoms with Gasteiger partial charge in [-0.05, 0) is 24.6 Å². The van der Waals surface area contributed by atoms with Crippen molar-refractivity contribution in [2.75, 3.05) is 6.61 Å². The minimum Gasteiger partial charge on any atom is -0.493 e. The molecule has 0 saturated carbocycles. The van der Waals surface area contributed by atoms with E-state index in [9.17, 15) is 4.79 Å². The summed E-state index contributed by atoms with van der Waals surface area (Å²) < 4.78 is 5.63. The van der Waals surface area contributed by atoms with Crippen LogP contribution in [0.3, 0.4) is 0 Å². The normalized spacial score (nSPS) is 10.2. The molecule has 2 aromatic rings. The number of ether oxygens (including phenoxy) is 1. The molecule has 0 fully saturated rings. The van der Waals surface area contributed by atoms with Crippen molar-refractivity contribution in [2.24, 2.45) is 0 Å². The molecule has 0 spiro atoms. The topological polar surface area (TPSA) is 72.3 Å². The van der Waals surface area contributed by atoms with E-state index in [1.807, 2.05) is 31.2 Å². The first-order valence-electron chi connectivity index (χ1n) is 5.90. The fourth-order valence-electron chi connectivity index (χ4n) is 1.62.